The molecule has 96 valence electrons. The first-order valence-corrected chi connectivity index (χ1v) is 6.76. The maximum absolute atomic E-state index is 12.1. The monoisotopic (exact) mass is 238 g/mol. The van der Waals surface area contributed by atoms with Crippen LogP contribution in [0.2, 0.25) is 0 Å². The molecule has 1 aliphatic carbocycles. The number of hydrogen-bond donors (Lipinski definition) is 1. The number of nitrogens with zero attached hydrogens (tertiary/aromatic N) is 1. The van der Waals surface area contributed by atoms with Crippen LogP contribution in [-0.4, -0.2) is 49.7 Å². The molecule has 0 radical (unpaired) electrons. The van der Waals surface area contributed by atoms with Crippen LogP contribution in [0.25, 0.3) is 0 Å². The van der Waals surface area contributed by atoms with Crippen molar-refractivity contribution in [2.45, 2.75) is 44.2 Å². The second-order valence-corrected chi connectivity index (χ2v) is 5.93. The first-order chi connectivity index (χ1) is 8.24. The molecule has 4 heteroatoms. The Morgan fingerprint density at radius 1 is 1.53 bits per heavy atom. The van der Waals surface area contributed by atoms with Gasteiger partial charge in [0.25, 0.3) is 0 Å². The van der Waals surface area contributed by atoms with Crippen LogP contribution in [0.15, 0.2) is 0 Å². The third-order valence-electron chi connectivity index (χ3n) is 4.80. The molecule has 2 atom stereocenters. The van der Waals surface area contributed by atoms with E-state index in [1.165, 1.54) is 19.3 Å². The van der Waals surface area contributed by atoms with Gasteiger partial charge in [0.2, 0.25) is 5.91 Å². The Morgan fingerprint density at radius 3 is 3.00 bits per heavy atom. The van der Waals surface area contributed by atoms with E-state index in [0.29, 0.717) is 24.4 Å². The predicted octanol–water partition coefficient (Wildman–Crippen LogP) is 0.766. The van der Waals surface area contributed by atoms with Crippen LogP contribution in [0.1, 0.15) is 32.1 Å². The summed E-state index contributed by atoms with van der Waals surface area (Å²) in [5.74, 6) is 0.342. The number of nitrogens with one attached hydrogen (secondary N) is 1. The summed E-state index contributed by atoms with van der Waals surface area (Å²) in [7, 11) is 1.77. The molecule has 0 spiro atoms. The molecule has 2 heterocycles. The number of ether oxygens (including phenoxy) is 1. The molecule has 17 heavy (non-hydrogen) atoms. The average molecular weight is 238 g/mol. The molecule has 1 N–H and O–H groups in total. The van der Waals surface area contributed by atoms with E-state index in [9.17, 15) is 4.79 Å². The number of hydrogen-bond acceptors (Lipinski definition) is 3. The smallest absolute Gasteiger partial charge is 0.224 e. The highest BCUT2D eigenvalue weighted by molar-refractivity contribution is 5.80. The summed E-state index contributed by atoms with van der Waals surface area (Å²) < 4.78 is 5.35. The van der Waals surface area contributed by atoms with Gasteiger partial charge in [0.15, 0.2) is 0 Å². The summed E-state index contributed by atoms with van der Waals surface area (Å²) in [6, 6.07) is 0.874. The quantitative estimate of drug-likeness (QED) is 0.786. The fourth-order valence-electron chi connectivity index (χ4n) is 3.72. The van der Waals surface area contributed by atoms with Crippen molar-refractivity contribution in [2.24, 2.45) is 5.41 Å². The van der Waals surface area contributed by atoms with Gasteiger partial charge >= 0.3 is 0 Å². The summed E-state index contributed by atoms with van der Waals surface area (Å²) in [4.78, 5) is 14.2. The number of methoxy groups -OCH3 is 1. The van der Waals surface area contributed by atoms with Gasteiger partial charge in [-0.2, -0.15) is 0 Å². The van der Waals surface area contributed by atoms with Crippen LogP contribution in [-0.2, 0) is 9.53 Å². The first-order valence-electron chi connectivity index (χ1n) is 6.76. The summed E-state index contributed by atoms with van der Waals surface area (Å²) in [6.07, 6.45) is 5.55. The predicted molar refractivity (Wildman–Crippen MR) is 64.7 cm³/mol. The van der Waals surface area contributed by atoms with Crippen molar-refractivity contribution in [1.82, 2.24) is 10.2 Å². The molecule has 3 fully saturated rings. The molecule has 0 aromatic carbocycles. The maximum atomic E-state index is 12.1. The number of rotatable bonds is 4. The Balaban J connectivity index is 1.69. The highest BCUT2D eigenvalue weighted by Gasteiger charge is 2.47. The van der Waals surface area contributed by atoms with E-state index in [-0.39, 0.29) is 5.41 Å². The fraction of sp³-hybridized carbons (Fsp3) is 0.923. The Labute approximate surface area is 103 Å². The lowest BCUT2D eigenvalue weighted by atomic mass is 9.69. The Kier molecular flexibility index (Phi) is 2.87. The summed E-state index contributed by atoms with van der Waals surface area (Å²) in [5.41, 5.74) is 0.266. The SMILES string of the molecule is COCC1(CN2C(=O)C[C@H]3NCC[C@H]32)CCC1. The molecule has 4 nitrogen and oxygen atoms in total. The van der Waals surface area contributed by atoms with Gasteiger partial charge in [0.05, 0.1) is 6.61 Å². The number of likely N-dealkylation sites (tertiary alicyclic amines) is 1. The highest BCUT2D eigenvalue weighted by atomic mass is 16.5. The molecule has 2 aliphatic heterocycles. The molecule has 0 bridgehead atoms. The zero-order valence-electron chi connectivity index (χ0n) is 10.6. The van der Waals surface area contributed by atoms with Crippen LogP contribution in [0, 0.1) is 5.41 Å². The van der Waals surface area contributed by atoms with Crippen molar-refractivity contribution < 1.29 is 9.53 Å². The number of amides is 1. The lowest BCUT2D eigenvalue weighted by Crippen LogP contribution is -2.48. The molecule has 3 rings (SSSR count). The van der Waals surface area contributed by atoms with Crippen LogP contribution in [0.5, 0.6) is 0 Å². The van der Waals surface area contributed by atoms with Gasteiger partial charge in [-0.25, -0.2) is 0 Å². The largest absolute Gasteiger partial charge is 0.384 e. The summed E-state index contributed by atoms with van der Waals surface area (Å²) in [5, 5.41) is 3.44. The average Bonchev–Trinajstić information content (AvgIpc) is 2.78. The highest BCUT2D eigenvalue weighted by Crippen LogP contribution is 2.43. The number of carbonyl (C=O) groups excluding carboxylic acids is 1. The van der Waals surface area contributed by atoms with Gasteiger partial charge in [-0.05, 0) is 25.8 Å². The number of fused-ring (bicyclic) bond motifs is 1. The Bertz CT molecular complexity index is 315. The van der Waals surface area contributed by atoms with Crippen molar-refractivity contribution in [1.29, 1.82) is 0 Å². The second-order valence-electron chi connectivity index (χ2n) is 5.93. The molecule has 0 aromatic rings. The summed E-state index contributed by atoms with van der Waals surface area (Å²) in [6.45, 7) is 2.79. The van der Waals surface area contributed by atoms with E-state index in [1.54, 1.807) is 7.11 Å². The topological polar surface area (TPSA) is 41.6 Å². The minimum absolute atomic E-state index is 0.266. The second kappa shape index (κ2) is 4.25. The minimum atomic E-state index is 0.266. The van der Waals surface area contributed by atoms with Crippen LogP contribution < -0.4 is 5.32 Å². The standard InChI is InChI=1S/C13H22N2O2/c1-17-9-13(4-2-5-13)8-15-11-3-6-14-10(11)7-12(15)16/h10-11,14H,2-9H2,1H3/t10-,11-/m1/s1. The molecule has 0 aromatic heterocycles. The molecular weight excluding hydrogens is 216 g/mol. The van der Waals surface area contributed by atoms with Crippen molar-refractivity contribution >= 4 is 5.91 Å². The summed E-state index contributed by atoms with van der Waals surface area (Å²) >= 11 is 0. The molecule has 1 saturated carbocycles. The third kappa shape index (κ3) is 1.87. The normalized spacial score (nSPS) is 34.9. The van der Waals surface area contributed by atoms with E-state index < -0.39 is 0 Å². The van der Waals surface area contributed by atoms with Crippen molar-refractivity contribution in [2.75, 3.05) is 26.8 Å². The van der Waals surface area contributed by atoms with Crippen molar-refractivity contribution in [3.8, 4) is 0 Å². The van der Waals surface area contributed by atoms with E-state index in [1.807, 2.05) is 0 Å². The Morgan fingerprint density at radius 2 is 2.35 bits per heavy atom. The van der Waals surface area contributed by atoms with Gasteiger partial charge in [0, 0.05) is 37.6 Å². The third-order valence-corrected chi connectivity index (χ3v) is 4.80. The van der Waals surface area contributed by atoms with Gasteiger partial charge in [-0.3, -0.25) is 4.79 Å². The van der Waals surface area contributed by atoms with Gasteiger partial charge < -0.3 is 15.0 Å². The fourth-order valence-corrected chi connectivity index (χ4v) is 3.72. The molecule has 0 unspecified atom stereocenters. The van der Waals surface area contributed by atoms with Crippen LogP contribution in [0.4, 0.5) is 0 Å². The van der Waals surface area contributed by atoms with Gasteiger partial charge in [-0.15, -0.1) is 0 Å². The van der Waals surface area contributed by atoms with Crippen LogP contribution >= 0.6 is 0 Å². The molecular formula is C13H22N2O2. The van der Waals surface area contributed by atoms with Crippen molar-refractivity contribution in [3.63, 3.8) is 0 Å². The van der Waals surface area contributed by atoms with E-state index in [2.05, 4.69) is 10.2 Å². The zero-order chi connectivity index (χ0) is 11.9. The molecule has 1 amide bonds. The number of carbonyl (C=O) groups is 1. The van der Waals surface area contributed by atoms with Crippen LogP contribution in [0.3, 0.4) is 0 Å². The minimum Gasteiger partial charge on any atom is -0.384 e. The lowest BCUT2D eigenvalue weighted by molar-refractivity contribution is -0.132. The Hall–Kier alpha value is -0.610. The van der Waals surface area contributed by atoms with E-state index in [0.717, 1.165) is 26.1 Å². The molecule has 3 aliphatic rings. The van der Waals surface area contributed by atoms with Crippen molar-refractivity contribution in [3.05, 3.63) is 0 Å². The maximum Gasteiger partial charge on any atom is 0.224 e. The molecule has 2 saturated heterocycles. The van der Waals surface area contributed by atoms with E-state index in [4.69, 9.17) is 4.74 Å². The zero-order valence-corrected chi connectivity index (χ0v) is 10.6. The first kappa shape index (κ1) is 11.5. The van der Waals surface area contributed by atoms with E-state index >= 15 is 0 Å². The lowest BCUT2D eigenvalue weighted by Gasteiger charge is -2.45. The van der Waals surface area contributed by atoms with Gasteiger partial charge in [-0.1, -0.05) is 6.42 Å². The van der Waals surface area contributed by atoms with Gasteiger partial charge in [0.1, 0.15) is 0 Å².